The molecule has 0 saturated heterocycles. The predicted octanol–water partition coefficient (Wildman–Crippen LogP) is 5.74. The molecule has 38 heavy (non-hydrogen) atoms. The van der Waals surface area contributed by atoms with Gasteiger partial charge in [-0.1, -0.05) is 49.8 Å². The second-order valence-electron chi connectivity index (χ2n) is 8.34. The Labute approximate surface area is 219 Å². The minimum absolute atomic E-state index is 0.000210. The summed E-state index contributed by atoms with van der Waals surface area (Å²) in [5.74, 6) is 4.20. The molecule has 0 heterocycles. The quantitative estimate of drug-likeness (QED) is 0.280. The number of nitrogens with one attached hydrogen (secondary N) is 2. The number of rotatable bonds is 8. The summed E-state index contributed by atoms with van der Waals surface area (Å²) < 4.78 is 66.2. The molecule has 0 radical (unpaired) electrons. The maximum atomic E-state index is 12.9. The van der Waals surface area contributed by atoms with Crippen molar-refractivity contribution in [2.24, 2.45) is 0 Å². The van der Waals surface area contributed by atoms with Crippen LogP contribution in [0.4, 0.5) is 18.9 Å². The monoisotopic (exact) mass is 542 g/mol. The first-order valence-electron chi connectivity index (χ1n) is 11.7. The van der Waals surface area contributed by atoms with E-state index in [1.54, 1.807) is 6.07 Å². The molecular formula is C28H25F3N2O4S. The number of carbonyl (C=O) groups is 2. The van der Waals surface area contributed by atoms with Crippen LogP contribution in [-0.2, 0) is 21.0 Å². The normalized spacial score (nSPS) is 11.3. The maximum Gasteiger partial charge on any atom is 0.416 e. The van der Waals surface area contributed by atoms with Gasteiger partial charge in [-0.2, -0.15) is 13.2 Å². The molecule has 0 unspecified atom stereocenters. The zero-order chi connectivity index (χ0) is 27.8. The van der Waals surface area contributed by atoms with Crippen molar-refractivity contribution in [1.82, 2.24) is 4.72 Å². The maximum absolute atomic E-state index is 12.9. The number of para-hydroxylation sites is 1. The summed E-state index contributed by atoms with van der Waals surface area (Å²) in [6, 6.07) is 16.3. The summed E-state index contributed by atoms with van der Waals surface area (Å²) in [5, 5.41) is 2.54. The van der Waals surface area contributed by atoms with Crippen LogP contribution in [0, 0.1) is 11.8 Å². The zero-order valence-corrected chi connectivity index (χ0v) is 21.2. The molecule has 6 nitrogen and oxygen atoms in total. The van der Waals surface area contributed by atoms with E-state index >= 15 is 0 Å². The van der Waals surface area contributed by atoms with Crippen molar-refractivity contribution >= 4 is 27.5 Å². The first-order chi connectivity index (χ1) is 18.0. The SMILES string of the molecule is CCCCCC(=O)NS(=O)(=O)c1ccccc1NC(=O)c1ccc(C#Cc2cccc(C(F)(F)F)c2)cc1. The van der Waals surface area contributed by atoms with E-state index in [4.69, 9.17) is 0 Å². The molecule has 3 aromatic rings. The third kappa shape index (κ3) is 7.95. The minimum atomic E-state index is -4.47. The van der Waals surface area contributed by atoms with Crippen molar-refractivity contribution in [2.75, 3.05) is 5.32 Å². The summed E-state index contributed by atoms with van der Waals surface area (Å²) >= 11 is 0. The second-order valence-corrected chi connectivity index (χ2v) is 9.99. The molecule has 2 amide bonds. The lowest BCUT2D eigenvalue weighted by molar-refractivity contribution is -0.137. The summed E-state index contributed by atoms with van der Waals surface area (Å²) in [7, 11) is -4.21. The van der Waals surface area contributed by atoms with E-state index in [0.717, 1.165) is 25.0 Å². The Hall–Kier alpha value is -4.10. The van der Waals surface area contributed by atoms with Crippen LogP contribution in [0.25, 0.3) is 0 Å². The molecule has 198 valence electrons. The van der Waals surface area contributed by atoms with E-state index < -0.39 is 33.6 Å². The third-order valence-corrected chi connectivity index (χ3v) is 6.80. The predicted molar refractivity (Wildman–Crippen MR) is 138 cm³/mol. The van der Waals surface area contributed by atoms with Crippen LogP contribution in [0.2, 0.25) is 0 Å². The average molecular weight is 543 g/mol. The van der Waals surface area contributed by atoms with Crippen LogP contribution < -0.4 is 10.0 Å². The van der Waals surface area contributed by atoms with Crippen molar-refractivity contribution in [3.05, 3.63) is 95.1 Å². The topological polar surface area (TPSA) is 92.3 Å². The summed E-state index contributed by atoms with van der Waals surface area (Å²) in [6.07, 6.45) is -2.14. The lowest BCUT2D eigenvalue weighted by atomic mass is 10.1. The van der Waals surface area contributed by atoms with Gasteiger partial charge in [0, 0.05) is 23.1 Å². The highest BCUT2D eigenvalue weighted by molar-refractivity contribution is 7.90. The van der Waals surface area contributed by atoms with Gasteiger partial charge in [0.15, 0.2) is 0 Å². The molecule has 0 saturated carbocycles. The van der Waals surface area contributed by atoms with Crippen molar-refractivity contribution < 1.29 is 31.2 Å². The number of halogens is 3. The molecule has 3 rings (SSSR count). The molecule has 10 heteroatoms. The molecule has 0 bridgehead atoms. The van der Waals surface area contributed by atoms with E-state index in [9.17, 15) is 31.2 Å². The van der Waals surface area contributed by atoms with Gasteiger partial charge in [0.25, 0.3) is 15.9 Å². The van der Waals surface area contributed by atoms with Gasteiger partial charge in [-0.15, -0.1) is 0 Å². The Kier molecular flexibility index (Phi) is 9.31. The molecule has 0 aliphatic heterocycles. The number of alkyl halides is 3. The Morgan fingerprint density at radius 1 is 0.868 bits per heavy atom. The first kappa shape index (κ1) is 28.5. The van der Waals surface area contributed by atoms with Gasteiger partial charge in [0.2, 0.25) is 5.91 Å². The fourth-order valence-corrected chi connectivity index (χ4v) is 4.59. The van der Waals surface area contributed by atoms with Crippen LogP contribution in [0.3, 0.4) is 0 Å². The Morgan fingerprint density at radius 3 is 2.24 bits per heavy atom. The Balaban J connectivity index is 1.72. The number of hydrogen-bond donors (Lipinski definition) is 2. The Bertz CT molecular complexity index is 1470. The lowest BCUT2D eigenvalue weighted by Gasteiger charge is -2.12. The zero-order valence-electron chi connectivity index (χ0n) is 20.4. The van der Waals surface area contributed by atoms with E-state index in [2.05, 4.69) is 17.2 Å². The highest BCUT2D eigenvalue weighted by atomic mass is 32.2. The number of anilines is 1. The first-order valence-corrected chi connectivity index (χ1v) is 13.2. The van der Waals surface area contributed by atoms with Crippen molar-refractivity contribution in [2.45, 2.75) is 43.7 Å². The number of benzene rings is 3. The van der Waals surface area contributed by atoms with Gasteiger partial charge in [-0.3, -0.25) is 9.59 Å². The van der Waals surface area contributed by atoms with Crippen LogP contribution in [-0.4, -0.2) is 20.2 Å². The number of carbonyl (C=O) groups excluding carboxylic acids is 2. The number of hydrogen-bond acceptors (Lipinski definition) is 4. The van der Waals surface area contributed by atoms with E-state index in [-0.39, 0.29) is 28.1 Å². The van der Waals surface area contributed by atoms with E-state index in [1.807, 2.05) is 11.6 Å². The van der Waals surface area contributed by atoms with Crippen LogP contribution in [0.1, 0.15) is 59.7 Å². The molecular weight excluding hydrogens is 517 g/mol. The van der Waals surface area contributed by atoms with Crippen molar-refractivity contribution in [3.63, 3.8) is 0 Å². The van der Waals surface area contributed by atoms with Gasteiger partial charge < -0.3 is 5.32 Å². The second kappa shape index (κ2) is 12.4. The van der Waals surface area contributed by atoms with Crippen molar-refractivity contribution in [1.29, 1.82) is 0 Å². The van der Waals surface area contributed by atoms with Crippen molar-refractivity contribution in [3.8, 4) is 11.8 Å². The molecule has 3 aromatic carbocycles. The standard InChI is InChI=1S/C28H25F3N2O4S/c1-2-3-4-12-26(34)33-38(36,37)25-11-6-5-10-24(25)32-27(35)22-17-15-20(16-18-22)13-14-21-8-7-9-23(19-21)28(29,30)31/h5-11,15-19H,2-4,12H2,1H3,(H,32,35)(H,33,34). The largest absolute Gasteiger partial charge is 0.416 e. The highest BCUT2D eigenvalue weighted by Gasteiger charge is 2.30. The highest BCUT2D eigenvalue weighted by Crippen LogP contribution is 2.29. The Morgan fingerprint density at radius 2 is 1.55 bits per heavy atom. The summed E-state index contributed by atoms with van der Waals surface area (Å²) in [6.45, 7) is 1.97. The molecule has 0 aliphatic carbocycles. The smallest absolute Gasteiger partial charge is 0.321 e. The number of sulfonamides is 1. The van der Waals surface area contributed by atoms with Crippen LogP contribution >= 0.6 is 0 Å². The minimum Gasteiger partial charge on any atom is -0.321 e. The number of amides is 2. The molecule has 0 aliphatic rings. The van der Waals surface area contributed by atoms with E-state index in [0.29, 0.717) is 12.0 Å². The molecule has 0 atom stereocenters. The third-order valence-electron chi connectivity index (χ3n) is 5.37. The summed E-state index contributed by atoms with van der Waals surface area (Å²) in [5.41, 5.74) is 0.0597. The molecule has 0 aromatic heterocycles. The van der Waals surface area contributed by atoms with Gasteiger partial charge in [0.05, 0.1) is 11.3 Å². The average Bonchev–Trinajstić information content (AvgIpc) is 2.87. The summed E-state index contributed by atoms with van der Waals surface area (Å²) in [4.78, 5) is 24.6. The molecule has 0 fully saturated rings. The number of unbranched alkanes of at least 4 members (excludes halogenated alkanes) is 2. The van der Waals surface area contributed by atoms with Gasteiger partial charge >= 0.3 is 6.18 Å². The van der Waals surface area contributed by atoms with Crippen LogP contribution in [0.15, 0.2) is 77.7 Å². The van der Waals surface area contributed by atoms with Crippen LogP contribution in [0.5, 0.6) is 0 Å². The van der Waals surface area contributed by atoms with E-state index in [1.165, 1.54) is 54.6 Å². The van der Waals surface area contributed by atoms with Gasteiger partial charge in [0.1, 0.15) is 4.90 Å². The van der Waals surface area contributed by atoms with Gasteiger partial charge in [-0.25, -0.2) is 13.1 Å². The molecule has 2 N–H and O–H groups in total. The van der Waals surface area contributed by atoms with Gasteiger partial charge in [-0.05, 0) is 61.0 Å². The fourth-order valence-electron chi connectivity index (χ4n) is 3.41. The molecule has 0 spiro atoms. The fraction of sp³-hybridized carbons (Fsp3) is 0.214. The lowest BCUT2D eigenvalue weighted by Crippen LogP contribution is -2.31.